The molecule has 2 amide bonds. The Kier molecular flexibility index (Phi) is 43.5. The van der Waals surface area contributed by atoms with Crippen LogP contribution in [-0.2, 0) is 0 Å². The molecule has 0 bridgehead atoms. The zero-order chi connectivity index (χ0) is 16.8. The fraction of sp³-hybridized carbons (Fsp3) is 0.857. The first-order chi connectivity index (χ1) is 9.29. The van der Waals surface area contributed by atoms with Gasteiger partial charge in [-0.05, 0) is 0 Å². The third-order valence-electron chi connectivity index (χ3n) is 1.91. The van der Waals surface area contributed by atoms with Gasteiger partial charge in [-0.1, -0.05) is 104 Å². The number of nitrogens with two attached hydrogens (primary N) is 2. The van der Waals surface area contributed by atoms with Gasteiger partial charge in [0.05, 0.1) is 0 Å². The van der Waals surface area contributed by atoms with E-state index >= 15 is 0 Å². The summed E-state index contributed by atoms with van der Waals surface area (Å²) in [6.45, 7) is 8.93. The molecule has 0 rings (SSSR count). The average Bonchev–Trinajstić information content (AvgIpc) is 2.33. The fourth-order valence-corrected chi connectivity index (χ4v) is 1.000. The molecular formula is C14H34N2O2S2. The minimum Gasteiger partial charge on any atom is -0.361 e. The van der Waals surface area contributed by atoms with Crippen LogP contribution in [0.25, 0.3) is 0 Å². The smallest absolute Gasteiger partial charge is 0.273 e. The highest BCUT2D eigenvalue weighted by atomic mass is 32.1. The number of carbonyl (C=O) groups excluding carboxylic acids is 2. The largest absolute Gasteiger partial charge is 0.361 e. The lowest BCUT2D eigenvalue weighted by molar-refractivity contribution is 0.266. The zero-order valence-electron chi connectivity index (χ0n) is 13.5. The van der Waals surface area contributed by atoms with E-state index in [0.29, 0.717) is 0 Å². The van der Waals surface area contributed by atoms with Crippen LogP contribution in [0.3, 0.4) is 0 Å². The van der Waals surface area contributed by atoms with Crippen molar-refractivity contribution in [2.45, 2.75) is 79.1 Å². The predicted molar refractivity (Wildman–Crippen MR) is 96.8 cm³/mol. The standard InChI is InChI=1S/2C6H14.2CH3NOS/c2*1-3-5-6-4-2;2*2-1(3)4/h2*3-6H2,1-2H3;2*(H3,2,3,4). The van der Waals surface area contributed by atoms with Crippen molar-refractivity contribution in [1.82, 2.24) is 0 Å². The Morgan fingerprint density at radius 3 is 0.800 bits per heavy atom. The lowest BCUT2D eigenvalue weighted by Crippen LogP contribution is -1.95. The number of amides is 2. The first-order valence-corrected chi connectivity index (χ1v) is 8.16. The molecule has 0 fully saturated rings. The Morgan fingerprint density at radius 1 is 0.650 bits per heavy atom. The molecular weight excluding hydrogens is 292 g/mol. The molecule has 6 heteroatoms. The molecule has 0 atom stereocenters. The summed E-state index contributed by atoms with van der Waals surface area (Å²) in [6, 6.07) is 0. The van der Waals surface area contributed by atoms with E-state index in [-0.39, 0.29) is 0 Å². The zero-order valence-corrected chi connectivity index (χ0v) is 15.3. The maximum absolute atomic E-state index is 9.09. The van der Waals surface area contributed by atoms with Gasteiger partial charge in [-0.3, -0.25) is 9.59 Å². The molecule has 0 spiro atoms. The number of unbranched alkanes of at least 4 members (excludes halogenated alkanes) is 6. The van der Waals surface area contributed by atoms with Crippen LogP contribution in [0.5, 0.6) is 0 Å². The van der Waals surface area contributed by atoms with Crippen molar-refractivity contribution in [2.75, 3.05) is 0 Å². The van der Waals surface area contributed by atoms with Crippen LogP contribution in [0, 0.1) is 0 Å². The van der Waals surface area contributed by atoms with Gasteiger partial charge >= 0.3 is 0 Å². The number of thiol groups is 2. The maximum atomic E-state index is 9.09. The van der Waals surface area contributed by atoms with E-state index in [2.05, 4.69) is 64.4 Å². The minimum atomic E-state index is -0.639. The van der Waals surface area contributed by atoms with Crippen LogP contribution < -0.4 is 11.5 Å². The van der Waals surface area contributed by atoms with E-state index in [4.69, 9.17) is 9.59 Å². The second-order valence-corrected chi connectivity index (χ2v) is 4.97. The van der Waals surface area contributed by atoms with Gasteiger partial charge in [-0.15, -0.1) is 0 Å². The van der Waals surface area contributed by atoms with Gasteiger partial charge in [-0.25, -0.2) is 0 Å². The summed E-state index contributed by atoms with van der Waals surface area (Å²) in [5.74, 6) is 0. The van der Waals surface area contributed by atoms with Gasteiger partial charge in [-0.2, -0.15) is 0 Å². The summed E-state index contributed by atoms with van der Waals surface area (Å²) in [7, 11) is 0. The van der Waals surface area contributed by atoms with Crippen LogP contribution in [0.15, 0.2) is 0 Å². The third-order valence-corrected chi connectivity index (χ3v) is 1.91. The van der Waals surface area contributed by atoms with Crippen LogP contribution >= 0.6 is 25.3 Å². The maximum Gasteiger partial charge on any atom is 0.273 e. The van der Waals surface area contributed by atoms with Gasteiger partial charge in [0.25, 0.3) is 10.5 Å². The fourth-order valence-electron chi connectivity index (χ4n) is 1.000. The molecule has 20 heavy (non-hydrogen) atoms. The van der Waals surface area contributed by atoms with Gasteiger partial charge in [0.2, 0.25) is 0 Å². The first kappa shape index (κ1) is 27.9. The monoisotopic (exact) mass is 326 g/mol. The molecule has 0 aromatic carbocycles. The summed E-state index contributed by atoms with van der Waals surface area (Å²) in [5.41, 5.74) is 8.67. The van der Waals surface area contributed by atoms with E-state index < -0.39 is 10.5 Å². The number of rotatable bonds is 6. The van der Waals surface area contributed by atoms with Crippen LogP contribution in [0.2, 0.25) is 0 Å². The van der Waals surface area contributed by atoms with Gasteiger partial charge < -0.3 is 11.5 Å². The molecule has 0 saturated heterocycles. The Balaban J connectivity index is -0.0000000871. The van der Waals surface area contributed by atoms with E-state index in [1.165, 1.54) is 51.4 Å². The predicted octanol–water partition coefficient (Wildman–Crippen LogP) is 5.16. The Morgan fingerprint density at radius 2 is 0.750 bits per heavy atom. The lowest BCUT2D eigenvalue weighted by atomic mass is 10.2. The summed E-state index contributed by atoms with van der Waals surface area (Å²) >= 11 is 6.21. The lowest BCUT2D eigenvalue weighted by Gasteiger charge is -1.86. The van der Waals surface area contributed by atoms with Crippen molar-refractivity contribution in [1.29, 1.82) is 0 Å². The van der Waals surface area contributed by atoms with Crippen molar-refractivity contribution in [3.63, 3.8) is 0 Å². The molecule has 0 heterocycles. The van der Waals surface area contributed by atoms with E-state index in [1.807, 2.05) is 0 Å². The number of hydrogen-bond donors (Lipinski definition) is 4. The quantitative estimate of drug-likeness (QED) is 0.401. The summed E-state index contributed by atoms with van der Waals surface area (Å²) in [6.07, 6.45) is 11.1. The second kappa shape index (κ2) is 31.2. The summed E-state index contributed by atoms with van der Waals surface area (Å²) in [4.78, 5) is 18.2. The average molecular weight is 327 g/mol. The second-order valence-electron chi connectivity index (χ2n) is 4.09. The molecule has 0 aromatic heterocycles. The number of primary amides is 2. The molecule has 4 N–H and O–H groups in total. The van der Waals surface area contributed by atoms with Gasteiger partial charge in [0.1, 0.15) is 0 Å². The molecule has 0 unspecified atom stereocenters. The Labute approximate surface area is 136 Å². The molecule has 124 valence electrons. The number of hydrogen-bond acceptors (Lipinski definition) is 2. The third kappa shape index (κ3) is 154. The molecule has 4 nitrogen and oxygen atoms in total. The molecule has 0 saturated carbocycles. The van der Waals surface area contributed by atoms with E-state index in [9.17, 15) is 0 Å². The Hall–Kier alpha value is -0.360. The van der Waals surface area contributed by atoms with Crippen LogP contribution in [0.1, 0.15) is 79.1 Å². The van der Waals surface area contributed by atoms with E-state index in [1.54, 1.807) is 0 Å². The van der Waals surface area contributed by atoms with Crippen molar-refractivity contribution < 1.29 is 9.59 Å². The minimum absolute atomic E-state index is 0.639. The molecule has 0 radical (unpaired) electrons. The van der Waals surface area contributed by atoms with Gasteiger partial charge in [0.15, 0.2) is 0 Å². The van der Waals surface area contributed by atoms with Crippen molar-refractivity contribution in [3.8, 4) is 0 Å². The molecule has 0 aliphatic rings. The topological polar surface area (TPSA) is 86.2 Å². The highest BCUT2D eigenvalue weighted by molar-refractivity contribution is 7.96. The number of carbonyl (C=O) groups is 2. The molecule has 0 aliphatic heterocycles. The Bertz CT molecular complexity index is 156. The molecule has 0 aromatic rings. The summed E-state index contributed by atoms with van der Waals surface area (Å²) in [5, 5.41) is -1.28. The highest BCUT2D eigenvalue weighted by Gasteiger charge is 1.75. The van der Waals surface area contributed by atoms with Crippen LogP contribution in [-0.4, -0.2) is 10.5 Å². The van der Waals surface area contributed by atoms with Crippen molar-refractivity contribution in [2.24, 2.45) is 11.5 Å². The SMILES string of the molecule is CCCCCC.CCCCCC.NC(=O)S.NC(=O)S. The highest BCUT2D eigenvalue weighted by Crippen LogP contribution is 1.95. The first-order valence-electron chi connectivity index (χ1n) is 7.26. The normalized spacial score (nSPS) is 7.90. The van der Waals surface area contributed by atoms with Crippen LogP contribution in [0.4, 0.5) is 9.59 Å². The summed E-state index contributed by atoms with van der Waals surface area (Å²) < 4.78 is 0. The van der Waals surface area contributed by atoms with E-state index in [0.717, 1.165) is 0 Å². The van der Waals surface area contributed by atoms with Crippen molar-refractivity contribution in [3.05, 3.63) is 0 Å². The van der Waals surface area contributed by atoms with Gasteiger partial charge in [0, 0.05) is 0 Å². The molecule has 0 aliphatic carbocycles. The van der Waals surface area contributed by atoms with Crippen molar-refractivity contribution >= 4 is 35.7 Å².